The first-order valence-electron chi connectivity index (χ1n) is 5.75. The molecule has 2 aromatic heterocycles. The predicted octanol–water partition coefficient (Wildman–Crippen LogP) is 2.85. The summed E-state index contributed by atoms with van der Waals surface area (Å²) in [6, 6.07) is 2.57. The predicted molar refractivity (Wildman–Crippen MR) is 73.6 cm³/mol. The van der Waals surface area contributed by atoms with Gasteiger partial charge in [0, 0.05) is 6.07 Å². The molecule has 0 amide bonds. The van der Waals surface area contributed by atoms with Gasteiger partial charge in [0.1, 0.15) is 29.1 Å². The Hall–Kier alpha value is -2.61. The zero-order valence-corrected chi connectivity index (χ0v) is 11.5. The van der Waals surface area contributed by atoms with Crippen LogP contribution in [0.4, 0.5) is 11.5 Å². The molecule has 2 N–H and O–H groups in total. The van der Waals surface area contributed by atoms with E-state index in [9.17, 15) is 14.9 Å². The number of nitrogens with one attached hydrogen (secondary N) is 1. The number of aromatic nitrogens is 1. The van der Waals surface area contributed by atoms with Crippen molar-refractivity contribution in [2.24, 2.45) is 0 Å². The van der Waals surface area contributed by atoms with Crippen LogP contribution in [0.3, 0.4) is 0 Å². The smallest absolute Gasteiger partial charge is 0.339 e. The minimum absolute atomic E-state index is 0.0783. The molecule has 8 nitrogen and oxygen atoms in total. The molecule has 2 heterocycles. The highest BCUT2D eigenvalue weighted by Gasteiger charge is 2.15. The van der Waals surface area contributed by atoms with Crippen LogP contribution in [0, 0.1) is 17.0 Å². The lowest BCUT2D eigenvalue weighted by atomic mass is 10.2. The monoisotopic (exact) mass is 311 g/mol. The molecule has 0 saturated carbocycles. The summed E-state index contributed by atoms with van der Waals surface area (Å²) in [7, 11) is 0. The van der Waals surface area contributed by atoms with E-state index in [2.05, 4.69) is 10.3 Å². The third-order valence-electron chi connectivity index (χ3n) is 2.67. The molecule has 0 saturated heterocycles. The minimum atomic E-state index is -1.08. The lowest BCUT2D eigenvalue weighted by Crippen LogP contribution is -2.02. The summed E-state index contributed by atoms with van der Waals surface area (Å²) < 4.78 is 5.28. The first kappa shape index (κ1) is 14.8. The molecule has 0 aliphatic rings. The summed E-state index contributed by atoms with van der Waals surface area (Å²) in [6.45, 7) is 1.70. The molecular weight excluding hydrogens is 302 g/mol. The highest BCUT2D eigenvalue weighted by Crippen LogP contribution is 2.24. The zero-order valence-electron chi connectivity index (χ0n) is 10.8. The Morgan fingerprint density at radius 1 is 1.57 bits per heavy atom. The van der Waals surface area contributed by atoms with E-state index >= 15 is 0 Å². The molecule has 0 bridgehead atoms. The number of carboxylic acids is 1. The Bertz CT molecular complexity index is 713. The summed E-state index contributed by atoms with van der Waals surface area (Å²) in [5, 5.41) is 22.4. The minimum Gasteiger partial charge on any atom is -0.478 e. The number of furan rings is 1. The number of carbonyl (C=O) groups is 1. The van der Waals surface area contributed by atoms with E-state index < -0.39 is 10.9 Å². The van der Waals surface area contributed by atoms with Crippen LogP contribution in [0.25, 0.3) is 0 Å². The molecule has 0 aliphatic carbocycles. The highest BCUT2D eigenvalue weighted by atomic mass is 35.5. The van der Waals surface area contributed by atoms with Crippen molar-refractivity contribution in [3.05, 3.63) is 50.6 Å². The van der Waals surface area contributed by atoms with Crippen molar-refractivity contribution < 1.29 is 19.2 Å². The molecule has 21 heavy (non-hydrogen) atoms. The van der Waals surface area contributed by atoms with Gasteiger partial charge >= 0.3 is 5.97 Å². The fourth-order valence-corrected chi connectivity index (χ4v) is 1.90. The van der Waals surface area contributed by atoms with Gasteiger partial charge in [0.05, 0.1) is 16.5 Å². The van der Waals surface area contributed by atoms with E-state index in [-0.39, 0.29) is 28.6 Å². The Kier molecular flexibility index (Phi) is 4.08. The number of pyridine rings is 1. The van der Waals surface area contributed by atoms with Gasteiger partial charge in [-0.15, -0.1) is 0 Å². The second kappa shape index (κ2) is 5.80. The van der Waals surface area contributed by atoms with Crippen LogP contribution in [0.15, 0.2) is 22.7 Å². The standard InChI is InChI=1S/C12H10ClN3O5/c1-6-9(12(17)18)3-8(21-6)5-15-11-10(13)2-7(4-14-11)16(19)20/h2-4H,5H2,1H3,(H,14,15)(H,17,18). The van der Waals surface area contributed by atoms with Gasteiger partial charge in [-0.3, -0.25) is 10.1 Å². The second-order valence-corrected chi connectivity index (χ2v) is 4.53. The first-order valence-corrected chi connectivity index (χ1v) is 6.12. The van der Waals surface area contributed by atoms with Crippen LogP contribution in [0.5, 0.6) is 0 Å². The number of rotatable bonds is 5. The van der Waals surface area contributed by atoms with Crippen molar-refractivity contribution in [3.63, 3.8) is 0 Å². The number of nitrogens with zero attached hydrogens (tertiary/aromatic N) is 2. The number of aryl methyl sites for hydroxylation is 1. The molecular formula is C12H10ClN3O5. The number of anilines is 1. The van der Waals surface area contributed by atoms with Gasteiger partial charge in [-0.2, -0.15) is 0 Å². The van der Waals surface area contributed by atoms with Gasteiger partial charge in [0.2, 0.25) is 0 Å². The maximum absolute atomic E-state index is 10.9. The molecule has 0 spiro atoms. The van der Waals surface area contributed by atoms with Crippen molar-refractivity contribution in [1.82, 2.24) is 4.98 Å². The maximum Gasteiger partial charge on any atom is 0.339 e. The number of hydrogen-bond donors (Lipinski definition) is 2. The maximum atomic E-state index is 10.9. The van der Waals surface area contributed by atoms with Crippen LogP contribution in [-0.4, -0.2) is 21.0 Å². The van der Waals surface area contributed by atoms with Gasteiger partial charge in [-0.05, 0) is 13.0 Å². The van der Waals surface area contributed by atoms with Gasteiger partial charge in [0.15, 0.2) is 0 Å². The summed E-state index contributed by atoms with van der Waals surface area (Å²) in [5.74, 6) is -0.148. The third-order valence-corrected chi connectivity index (χ3v) is 2.95. The molecule has 2 rings (SSSR count). The van der Waals surface area contributed by atoms with E-state index in [0.29, 0.717) is 11.5 Å². The average Bonchev–Trinajstić information content (AvgIpc) is 2.78. The van der Waals surface area contributed by atoms with Crippen molar-refractivity contribution >= 4 is 29.1 Å². The van der Waals surface area contributed by atoms with Crippen molar-refractivity contribution in [1.29, 1.82) is 0 Å². The molecule has 0 unspecified atom stereocenters. The SMILES string of the molecule is Cc1oc(CNc2ncc([N+](=O)[O-])cc2Cl)cc1C(=O)O. The topological polar surface area (TPSA) is 119 Å². The van der Waals surface area contributed by atoms with Gasteiger partial charge in [-0.25, -0.2) is 9.78 Å². The number of hydrogen-bond acceptors (Lipinski definition) is 6. The second-order valence-electron chi connectivity index (χ2n) is 4.12. The number of aromatic carboxylic acids is 1. The third kappa shape index (κ3) is 3.29. The Morgan fingerprint density at radius 3 is 2.81 bits per heavy atom. The quantitative estimate of drug-likeness (QED) is 0.643. The molecule has 0 aliphatic heterocycles. The molecule has 0 fully saturated rings. The normalized spacial score (nSPS) is 10.4. The van der Waals surface area contributed by atoms with Crippen LogP contribution >= 0.6 is 11.6 Å². The van der Waals surface area contributed by atoms with Crippen molar-refractivity contribution in [3.8, 4) is 0 Å². The van der Waals surface area contributed by atoms with Crippen molar-refractivity contribution in [2.75, 3.05) is 5.32 Å². The van der Waals surface area contributed by atoms with E-state index in [4.69, 9.17) is 21.1 Å². The van der Waals surface area contributed by atoms with Gasteiger partial charge in [0.25, 0.3) is 5.69 Å². The summed E-state index contributed by atoms with van der Waals surface area (Å²) in [6.07, 6.45) is 1.07. The van der Waals surface area contributed by atoms with Crippen LogP contribution in [0.1, 0.15) is 21.9 Å². The van der Waals surface area contributed by atoms with Gasteiger partial charge in [-0.1, -0.05) is 11.6 Å². The number of nitro groups is 1. The first-order chi connectivity index (χ1) is 9.88. The lowest BCUT2D eigenvalue weighted by molar-refractivity contribution is -0.385. The molecule has 0 aromatic carbocycles. The number of carboxylic acid groups (broad SMARTS) is 1. The largest absolute Gasteiger partial charge is 0.478 e. The van der Waals surface area contributed by atoms with Crippen LogP contribution < -0.4 is 5.32 Å². The fraction of sp³-hybridized carbons (Fsp3) is 0.167. The molecule has 2 aromatic rings. The zero-order chi connectivity index (χ0) is 15.6. The highest BCUT2D eigenvalue weighted by molar-refractivity contribution is 6.33. The molecule has 0 radical (unpaired) electrons. The fourth-order valence-electron chi connectivity index (χ4n) is 1.67. The van der Waals surface area contributed by atoms with Crippen LogP contribution in [-0.2, 0) is 6.54 Å². The summed E-state index contributed by atoms with van der Waals surface area (Å²) >= 11 is 5.87. The molecule has 110 valence electrons. The molecule has 9 heteroatoms. The van der Waals surface area contributed by atoms with E-state index in [1.807, 2.05) is 0 Å². The number of halogens is 1. The Labute approximate surface area is 123 Å². The summed E-state index contributed by atoms with van der Waals surface area (Å²) in [5.41, 5.74) is -0.137. The average molecular weight is 312 g/mol. The van der Waals surface area contributed by atoms with E-state index in [1.54, 1.807) is 6.92 Å². The van der Waals surface area contributed by atoms with Crippen molar-refractivity contribution in [2.45, 2.75) is 13.5 Å². The molecule has 0 atom stereocenters. The van der Waals surface area contributed by atoms with E-state index in [1.165, 1.54) is 12.1 Å². The summed E-state index contributed by atoms with van der Waals surface area (Å²) in [4.78, 5) is 24.7. The van der Waals surface area contributed by atoms with Crippen LogP contribution in [0.2, 0.25) is 5.02 Å². The Morgan fingerprint density at radius 2 is 2.29 bits per heavy atom. The Balaban J connectivity index is 2.11. The lowest BCUT2D eigenvalue weighted by Gasteiger charge is -2.05. The van der Waals surface area contributed by atoms with Gasteiger partial charge < -0.3 is 14.8 Å². The van der Waals surface area contributed by atoms with E-state index in [0.717, 1.165) is 6.20 Å².